The summed E-state index contributed by atoms with van der Waals surface area (Å²) in [6, 6.07) is 1.82. The second kappa shape index (κ2) is 6.50. The number of hydrogen-bond acceptors (Lipinski definition) is 6. The molecule has 0 aromatic carbocycles. The van der Waals surface area contributed by atoms with E-state index in [1.165, 1.54) is 9.47 Å². The number of aromatic nitrogens is 4. The van der Waals surface area contributed by atoms with Crippen LogP contribution >= 0.6 is 0 Å². The first-order valence-corrected chi connectivity index (χ1v) is 6.95. The summed E-state index contributed by atoms with van der Waals surface area (Å²) in [6.07, 6.45) is 0.215. The molecular formula is C14H19N5O3. The van der Waals surface area contributed by atoms with Crippen molar-refractivity contribution in [1.82, 2.24) is 24.8 Å². The Kier molecular flexibility index (Phi) is 4.69. The summed E-state index contributed by atoms with van der Waals surface area (Å²) in [6.45, 7) is 6.00. The van der Waals surface area contributed by atoms with Crippen molar-refractivity contribution in [3.8, 4) is 0 Å². The van der Waals surface area contributed by atoms with Crippen molar-refractivity contribution in [3.05, 3.63) is 39.3 Å². The van der Waals surface area contributed by atoms with Gasteiger partial charge in [-0.05, 0) is 26.8 Å². The third kappa shape index (κ3) is 3.57. The van der Waals surface area contributed by atoms with Crippen LogP contribution in [0.25, 0.3) is 0 Å². The average Bonchev–Trinajstić information content (AvgIpc) is 2.82. The minimum Gasteiger partial charge on any atom is -0.340 e. The maximum absolute atomic E-state index is 12.2. The van der Waals surface area contributed by atoms with Gasteiger partial charge in [-0.15, -0.1) is 0 Å². The SMILES string of the molecule is Cc1cc(C)n(CCC(=O)N(C)Cc2nonc2C)c(=O)n1. The number of rotatable bonds is 5. The lowest BCUT2D eigenvalue weighted by atomic mass is 10.3. The Hall–Kier alpha value is -2.51. The number of carbonyl (C=O) groups is 1. The summed E-state index contributed by atoms with van der Waals surface area (Å²) in [4.78, 5) is 29.4. The van der Waals surface area contributed by atoms with Crippen molar-refractivity contribution in [2.75, 3.05) is 7.05 Å². The molecule has 22 heavy (non-hydrogen) atoms. The molecular weight excluding hydrogens is 286 g/mol. The van der Waals surface area contributed by atoms with Crippen LogP contribution in [-0.2, 0) is 17.9 Å². The molecule has 2 rings (SSSR count). The fourth-order valence-electron chi connectivity index (χ4n) is 2.15. The van der Waals surface area contributed by atoms with Crippen LogP contribution < -0.4 is 5.69 Å². The van der Waals surface area contributed by atoms with E-state index in [0.29, 0.717) is 30.2 Å². The molecule has 0 aliphatic carbocycles. The summed E-state index contributed by atoms with van der Waals surface area (Å²) < 4.78 is 6.11. The van der Waals surface area contributed by atoms with E-state index in [1.807, 2.05) is 13.0 Å². The zero-order valence-electron chi connectivity index (χ0n) is 13.2. The van der Waals surface area contributed by atoms with Crippen LogP contribution in [0, 0.1) is 20.8 Å². The van der Waals surface area contributed by atoms with Gasteiger partial charge >= 0.3 is 5.69 Å². The minimum atomic E-state index is -0.329. The van der Waals surface area contributed by atoms with Crippen molar-refractivity contribution in [3.63, 3.8) is 0 Å². The van der Waals surface area contributed by atoms with Gasteiger partial charge in [0, 0.05) is 31.4 Å². The maximum Gasteiger partial charge on any atom is 0.347 e. The largest absolute Gasteiger partial charge is 0.347 e. The summed E-state index contributed by atoms with van der Waals surface area (Å²) in [5.74, 6) is -0.0886. The van der Waals surface area contributed by atoms with Gasteiger partial charge in [-0.3, -0.25) is 9.36 Å². The first kappa shape index (κ1) is 15.9. The molecule has 0 radical (unpaired) electrons. The van der Waals surface area contributed by atoms with Crippen molar-refractivity contribution >= 4 is 5.91 Å². The Morgan fingerprint density at radius 2 is 2.05 bits per heavy atom. The Morgan fingerprint density at radius 1 is 1.32 bits per heavy atom. The van der Waals surface area contributed by atoms with Gasteiger partial charge in [0.05, 0.1) is 6.54 Å². The van der Waals surface area contributed by atoms with E-state index in [-0.39, 0.29) is 18.0 Å². The fraction of sp³-hybridized carbons (Fsp3) is 0.500. The molecule has 8 heteroatoms. The van der Waals surface area contributed by atoms with Crippen molar-refractivity contribution < 1.29 is 9.42 Å². The molecule has 0 saturated carbocycles. The summed E-state index contributed by atoms with van der Waals surface area (Å²) in [7, 11) is 1.68. The van der Waals surface area contributed by atoms with Gasteiger partial charge in [0.2, 0.25) is 5.91 Å². The van der Waals surface area contributed by atoms with Crippen LogP contribution in [0.1, 0.15) is 29.2 Å². The number of carbonyl (C=O) groups excluding carboxylic acids is 1. The summed E-state index contributed by atoms with van der Waals surface area (Å²) in [5, 5.41) is 7.43. The molecule has 0 saturated heterocycles. The predicted octanol–water partition coefficient (Wildman–Crippen LogP) is 0.600. The lowest BCUT2D eigenvalue weighted by Gasteiger charge is -2.16. The van der Waals surface area contributed by atoms with E-state index in [0.717, 1.165) is 5.69 Å². The highest BCUT2D eigenvalue weighted by Crippen LogP contribution is 2.06. The quantitative estimate of drug-likeness (QED) is 0.803. The van der Waals surface area contributed by atoms with E-state index < -0.39 is 0 Å². The topological polar surface area (TPSA) is 94.1 Å². The molecule has 0 fully saturated rings. The van der Waals surface area contributed by atoms with Crippen LogP contribution in [0.5, 0.6) is 0 Å². The van der Waals surface area contributed by atoms with Crippen LogP contribution in [0.3, 0.4) is 0 Å². The normalized spacial score (nSPS) is 10.7. The molecule has 118 valence electrons. The standard InChI is InChI=1S/C14H19N5O3/c1-9-7-10(2)19(14(21)15-9)6-5-13(20)18(4)8-12-11(3)16-22-17-12/h7H,5-6,8H2,1-4H3. The second-order valence-electron chi connectivity index (χ2n) is 5.27. The third-order valence-corrected chi connectivity index (χ3v) is 3.45. The Bertz CT molecular complexity index is 734. The zero-order chi connectivity index (χ0) is 16.3. The molecule has 0 N–H and O–H groups in total. The molecule has 2 heterocycles. The van der Waals surface area contributed by atoms with E-state index in [9.17, 15) is 9.59 Å². The van der Waals surface area contributed by atoms with E-state index in [1.54, 1.807) is 20.9 Å². The smallest absolute Gasteiger partial charge is 0.340 e. The molecule has 2 aromatic rings. The Labute approximate surface area is 127 Å². The van der Waals surface area contributed by atoms with E-state index in [2.05, 4.69) is 19.9 Å². The lowest BCUT2D eigenvalue weighted by molar-refractivity contribution is -0.130. The average molecular weight is 305 g/mol. The molecule has 0 atom stereocenters. The minimum absolute atomic E-state index is 0.0886. The van der Waals surface area contributed by atoms with Crippen molar-refractivity contribution in [2.24, 2.45) is 0 Å². The molecule has 0 bridgehead atoms. The highest BCUT2D eigenvalue weighted by atomic mass is 16.6. The predicted molar refractivity (Wildman–Crippen MR) is 78.1 cm³/mol. The van der Waals surface area contributed by atoms with Crippen molar-refractivity contribution in [2.45, 2.75) is 40.3 Å². The summed E-state index contributed by atoms with van der Waals surface area (Å²) in [5.41, 5.74) is 2.43. The third-order valence-electron chi connectivity index (χ3n) is 3.45. The van der Waals surface area contributed by atoms with Crippen molar-refractivity contribution in [1.29, 1.82) is 0 Å². The second-order valence-corrected chi connectivity index (χ2v) is 5.27. The van der Waals surface area contributed by atoms with Gasteiger partial charge in [-0.25, -0.2) is 9.42 Å². The first-order valence-electron chi connectivity index (χ1n) is 6.95. The molecule has 8 nitrogen and oxygen atoms in total. The Morgan fingerprint density at radius 3 is 2.64 bits per heavy atom. The van der Waals surface area contributed by atoms with Crippen LogP contribution in [-0.4, -0.2) is 37.7 Å². The number of aryl methyl sites for hydroxylation is 3. The number of nitrogens with zero attached hydrogens (tertiary/aromatic N) is 5. The number of amides is 1. The van der Waals surface area contributed by atoms with Gasteiger partial charge in [-0.2, -0.15) is 4.98 Å². The molecule has 1 amide bonds. The van der Waals surface area contributed by atoms with Gasteiger partial charge in [0.1, 0.15) is 11.4 Å². The van der Waals surface area contributed by atoms with Gasteiger partial charge < -0.3 is 4.90 Å². The number of hydrogen-bond donors (Lipinski definition) is 0. The highest BCUT2D eigenvalue weighted by molar-refractivity contribution is 5.75. The molecule has 2 aromatic heterocycles. The molecule has 0 unspecified atom stereocenters. The maximum atomic E-state index is 12.2. The highest BCUT2D eigenvalue weighted by Gasteiger charge is 2.14. The van der Waals surface area contributed by atoms with Gasteiger partial charge in [0.15, 0.2) is 0 Å². The molecule has 0 aliphatic rings. The van der Waals surface area contributed by atoms with Gasteiger partial charge in [-0.1, -0.05) is 10.3 Å². The van der Waals surface area contributed by atoms with Crippen LogP contribution in [0.15, 0.2) is 15.5 Å². The van der Waals surface area contributed by atoms with Crippen LogP contribution in [0.4, 0.5) is 0 Å². The van der Waals surface area contributed by atoms with Crippen LogP contribution in [0.2, 0.25) is 0 Å². The van der Waals surface area contributed by atoms with E-state index >= 15 is 0 Å². The molecule has 0 spiro atoms. The summed E-state index contributed by atoms with van der Waals surface area (Å²) >= 11 is 0. The Balaban J connectivity index is 1.98. The van der Waals surface area contributed by atoms with E-state index in [4.69, 9.17) is 0 Å². The first-order chi connectivity index (χ1) is 10.4. The fourth-order valence-corrected chi connectivity index (χ4v) is 2.15. The lowest BCUT2D eigenvalue weighted by Crippen LogP contribution is -2.31. The zero-order valence-corrected chi connectivity index (χ0v) is 13.2. The molecule has 0 aliphatic heterocycles. The van der Waals surface area contributed by atoms with Gasteiger partial charge in [0.25, 0.3) is 0 Å². The monoisotopic (exact) mass is 305 g/mol.